The highest BCUT2D eigenvalue weighted by Crippen LogP contribution is 2.37. The SMILES string of the molecule is COc1ccc(-c2ccc3c(c2)c(C2CCN(C)CC2)cn3S(=O)(=O)O)cc1. The van der Waals surface area contributed by atoms with Gasteiger partial charge in [-0.2, -0.15) is 8.42 Å². The van der Waals surface area contributed by atoms with E-state index in [1.807, 2.05) is 36.4 Å². The quantitative estimate of drug-likeness (QED) is 0.675. The zero-order chi connectivity index (χ0) is 19.9. The Morgan fingerprint density at radius 1 is 1.04 bits per heavy atom. The van der Waals surface area contributed by atoms with E-state index in [9.17, 15) is 13.0 Å². The molecule has 0 spiro atoms. The minimum absolute atomic E-state index is 0.271. The molecule has 0 saturated carbocycles. The van der Waals surface area contributed by atoms with Crippen molar-refractivity contribution >= 4 is 21.2 Å². The number of methoxy groups -OCH3 is 1. The van der Waals surface area contributed by atoms with E-state index in [1.165, 1.54) is 0 Å². The second-order valence-corrected chi connectivity index (χ2v) is 8.69. The number of piperidine rings is 1. The van der Waals surface area contributed by atoms with Crippen LogP contribution in [0.15, 0.2) is 48.7 Å². The molecule has 1 saturated heterocycles. The van der Waals surface area contributed by atoms with Crippen LogP contribution in [0.25, 0.3) is 22.0 Å². The van der Waals surface area contributed by atoms with Crippen LogP contribution in [0.4, 0.5) is 0 Å². The number of hydrogen-bond acceptors (Lipinski definition) is 4. The Balaban J connectivity index is 1.84. The van der Waals surface area contributed by atoms with Crippen molar-refractivity contribution in [2.75, 3.05) is 27.2 Å². The lowest BCUT2D eigenvalue weighted by Crippen LogP contribution is -2.29. The lowest BCUT2D eigenvalue weighted by Gasteiger charge is -2.28. The summed E-state index contributed by atoms with van der Waals surface area (Å²) in [6, 6.07) is 13.4. The molecule has 1 aliphatic rings. The van der Waals surface area contributed by atoms with Crippen LogP contribution in [0.2, 0.25) is 0 Å². The molecule has 1 aromatic heterocycles. The minimum atomic E-state index is -4.35. The van der Waals surface area contributed by atoms with E-state index in [4.69, 9.17) is 4.74 Å². The van der Waals surface area contributed by atoms with Crippen molar-refractivity contribution in [1.29, 1.82) is 0 Å². The van der Waals surface area contributed by atoms with Crippen LogP contribution in [0.5, 0.6) is 5.75 Å². The molecule has 0 aliphatic carbocycles. The molecule has 6 nitrogen and oxygen atoms in total. The molecule has 1 N–H and O–H groups in total. The average Bonchev–Trinajstić information content (AvgIpc) is 3.08. The summed E-state index contributed by atoms with van der Waals surface area (Å²) in [6.07, 6.45) is 3.52. The number of nitrogens with zero attached hydrogens (tertiary/aromatic N) is 2. The van der Waals surface area contributed by atoms with E-state index in [1.54, 1.807) is 19.4 Å². The van der Waals surface area contributed by atoms with Crippen LogP contribution in [-0.4, -0.2) is 49.1 Å². The van der Waals surface area contributed by atoms with Gasteiger partial charge in [0.1, 0.15) is 5.75 Å². The summed E-state index contributed by atoms with van der Waals surface area (Å²) in [5.41, 5.74) is 3.51. The third kappa shape index (κ3) is 3.53. The van der Waals surface area contributed by atoms with Gasteiger partial charge in [-0.1, -0.05) is 18.2 Å². The lowest BCUT2D eigenvalue weighted by molar-refractivity contribution is 0.256. The van der Waals surface area contributed by atoms with Crippen molar-refractivity contribution in [1.82, 2.24) is 8.87 Å². The van der Waals surface area contributed by atoms with Crippen LogP contribution in [-0.2, 0) is 10.3 Å². The lowest BCUT2D eigenvalue weighted by atomic mass is 9.89. The highest BCUT2D eigenvalue weighted by Gasteiger charge is 2.25. The molecule has 7 heteroatoms. The average molecular weight is 401 g/mol. The molecule has 148 valence electrons. The van der Waals surface area contributed by atoms with Gasteiger partial charge in [-0.15, -0.1) is 0 Å². The molecule has 28 heavy (non-hydrogen) atoms. The van der Waals surface area contributed by atoms with Gasteiger partial charge in [0, 0.05) is 11.6 Å². The summed E-state index contributed by atoms with van der Waals surface area (Å²) in [5, 5.41) is 0.875. The number of hydrogen-bond donors (Lipinski definition) is 1. The predicted octanol–water partition coefficient (Wildman–Crippen LogP) is 3.78. The fraction of sp³-hybridized carbons (Fsp3) is 0.333. The van der Waals surface area contributed by atoms with Gasteiger partial charge in [0.25, 0.3) is 0 Å². The zero-order valence-electron chi connectivity index (χ0n) is 16.0. The summed E-state index contributed by atoms with van der Waals surface area (Å²) in [5.74, 6) is 1.06. The van der Waals surface area contributed by atoms with Crippen molar-refractivity contribution in [3.05, 3.63) is 54.2 Å². The first-order valence-corrected chi connectivity index (χ1v) is 10.7. The Morgan fingerprint density at radius 3 is 2.29 bits per heavy atom. The summed E-state index contributed by atoms with van der Waals surface area (Å²) >= 11 is 0. The molecule has 2 aromatic carbocycles. The molecule has 2 heterocycles. The third-order valence-electron chi connectivity index (χ3n) is 5.63. The van der Waals surface area contributed by atoms with Crippen molar-refractivity contribution in [2.24, 2.45) is 0 Å². The molecule has 0 radical (unpaired) electrons. The highest BCUT2D eigenvalue weighted by atomic mass is 32.2. The Bertz CT molecular complexity index is 1100. The van der Waals surface area contributed by atoms with Gasteiger partial charge in [0.15, 0.2) is 0 Å². The zero-order valence-corrected chi connectivity index (χ0v) is 16.8. The molecule has 1 aliphatic heterocycles. The van der Waals surface area contributed by atoms with Crippen molar-refractivity contribution in [3.63, 3.8) is 0 Å². The maximum absolute atomic E-state index is 11.9. The maximum Gasteiger partial charge on any atom is 0.363 e. The van der Waals surface area contributed by atoms with Gasteiger partial charge < -0.3 is 9.64 Å². The first kappa shape index (κ1) is 19.0. The Labute approximate surface area is 165 Å². The van der Waals surface area contributed by atoms with Gasteiger partial charge >= 0.3 is 10.3 Å². The van der Waals surface area contributed by atoms with Crippen LogP contribution in [0.1, 0.15) is 24.3 Å². The summed E-state index contributed by atoms with van der Waals surface area (Å²) < 4.78 is 39.7. The van der Waals surface area contributed by atoms with Crippen LogP contribution in [0.3, 0.4) is 0 Å². The second kappa shape index (κ2) is 7.24. The molecule has 0 unspecified atom stereocenters. The third-order valence-corrected chi connectivity index (χ3v) is 6.43. The van der Waals surface area contributed by atoms with E-state index >= 15 is 0 Å². The van der Waals surface area contributed by atoms with E-state index in [-0.39, 0.29) is 5.92 Å². The van der Waals surface area contributed by atoms with Gasteiger partial charge in [-0.25, -0.2) is 3.97 Å². The number of aromatic nitrogens is 1. The highest BCUT2D eigenvalue weighted by molar-refractivity contribution is 7.84. The molecule has 3 aromatic rings. The van der Waals surface area contributed by atoms with Crippen molar-refractivity contribution < 1.29 is 17.7 Å². The summed E-state index contributed by atoms with van der Waals surface area (Å²) in [7, 11) is -0.626. The summed E-state index contributed by atoms with van der Waals surface area (Å²) in [4.78, 5) is 2.28. The largest absolute Gasteiger partial charge is 0.497 e. The molecule has 0 amide bonds. The van der Waals surface area contributed by atoms with Crippen molar-refractivity contribution in [3.8, 4) is 16.9 Å². The minimum Gasteiger partial charge on any atom is -0.497 e. The van der Waals surface area contributed by atoms with E-state index < -0.39 is 10.3 Å². The number of benzene rings is 2. The fourth-order valence-electron chi connectivity index (χ4n) is 4.02. The summed E-state index contributed by atoms with van der Waals surface area (Å²) in [6.45, 7) is 1.95. The molecule has 1 fully saturated rings. The maximum atomic E-state index is 11.9. The van der Waals surface area contributed by atoms with Gasteiger partial charge in [-0.3, -0.25) is 4.55 Å². The van der Waals surface area contributed by atoms with Gasteiger partial charge in [0.05, 0.1) is 12.6 Å². The van der Waals surface area contributed by atoms with Crippen LogP contribution in [0, 0.1) is 0 Å². The molecular weight excluding hydrogens is 376 g/mol. The normalized spacial score (nSPS) is 16.5. The monoisotopic (exact) mass is 400 g/mol. The first-order chi connectivity index (χ1) is 13.4. The van der Waals surface area contributed by atoms with Gasteiger partial charge in [-0.05, 0) is 79.9 Å². The Morgan fingerprint density at radius 2 is 1.68 bits per heavy atom. The second-order valence-electron chi connectivity index (χ2n) is 7.40. The van der Waals surface area contributed by atoms with Crippen LogP contribution < -0.4 is 4.74 Å². The molecule has 0 bridgehead atoms. The molecular formula is C21H24N2O4S. The smallest absolute Gasteiger partial charge is 0.363 e. The van der Waals surface area contributed by atoms with E-state index in [0.717, 1.165) is 57.7 Å². The Kier molecular flexibility index (Phi) is 4.91. The molecule has 0 atom stereocenters. The van der Waals surface area contributed by atoms with Crippen molar-refractivity contribution in [2.45, 2.75) is 18.8 Å². The number of likely N-dealkylation sites (tertiary alicyclic amines) is 1. The fourth-order valence-corrected chi connectivity index (χ4v) is 4.68. The van der Waals surface area contributed by atoms with Gasteiger partial charge in [0.2, 0.25) is 0 Å². The Hall–Kier alpha value is -2.35. The topological polar surface area (TPSA) is 71.8 Å². The first-order valence-electron chi connectivity index (χ1n) is 9.33. The number of fused-ring (bicyclic) bond motifs is 1. The van der Waals surface area contributed by atoms with E-state index in [2.05, 4.69) is 11.9 Å². The predicted molar refractivity (Wildman–Crippen MR) is 110 cm³/mol. The van der Waals surface area contributed by atoms with E-state index in [0.29, 0.717) is 5.52 Å². The number of rotatable bonds is 4. The van der Waals surface area contributed by atoms with Crippen LogP contribution >= 0.6 is 0 Å². The molecule has 4 rings (SSSR count). The standard InChI is InChI=1S/C21H24N2O4S/c1-22-11-9-16(10-12-22)20-14-23(28(24,25)26)21-8-5-17(13-19(20)21)15-3-6-18(27-2)7-4-15/h3-8,13-14,16H,9-12H2,1-2H3,(H,24,25,26). The number of ether oxygens (including phenoxy) is 1.